The highest BCUT2D eigenvalue weighted by Crippen LogP contribution is 2.33. The van der Waals surface area contributed by atoms with Crippen molar-refractivity contribution < 1.29 is 0 Å². The van der Waals surface area contributed by atoms with Crippen molar-refractivity contribution in [2.24, 2.45) is 0 Å². The van der Waals surface area contributed by atoms with Crippen LogP contribution in [0.5, 0.6) is 0 Å². The van der Waals surface area contributed by atoms with Gasteiger partial charge in [-0.2, -0.15) is 0 Å². The summed E-state index contributed by atoms with van der Waals surface area (Å²) in [6.07, 6.45) is 29.4. The maximum absolute atomic E-state index is 4.35. The predicted octanol–water partition coefficient (Wildman–Crippen LogP) is 26.0. The number of nitrogens with zero attached hydrogens (tertiary/aromatic N) is 4. The summed E-state index contributed by atoms with van der Waals surface area (Å²) in [5, 5.41) is 7.55. The van der Waals surface area contributed by atoms with Crippen LogP contribution in [0, 0.1) is 0 Å². The van der Waals surface area contributed by atoms with E-state index in [9.17, 15) is 0 Å². The Morgan fingerprint density at radius 1 is 0.236 bits per heavy atom. The first-order valence-electron chi connectivity index (χ1n) is 37.5. The molecule has 0 saturated heterocycles. The maximum Gasteiger partial charge on any atom is 0.137 e. The zero-order valence-electron chi connectivity index (χ0n) is 69.2. The first-order chi connectivity index (χ1) is 49.3. The molecule has 0 spiro atoms. The molecule has 15 rings (SSSR count). The van der Waals surface area contributed by atoms with Crippen molar-refractivity contribution in [2.45, 2.75) is 236 Å². The molecule has 8 N–H and O–H groups in total. The molecule has 0 amide bonds. The lowest BCUT2D eigenvalue weighted by atomic mass is 9.86. The molecular formula is C94H126N12. The summed E-state index contributed by atoms with van der Waals surface area (Å²) < 4.78 is 0. The normalized spacial score (nSPS) is 12.1. The maximum atomic E-state index is 4.35. The fraction of sp³-hybridized carbons (Fsp3) is 0.383. The number of hydrogen-bond donors (Lipinski definition) is 8. The first kappa shape index (κ1) is 83.3. The lowest BCUT2D eigenvalue weighted by molar-refractivity contribution is 0.587. The molecular weight excluding hydrogens is 1300 g/mol. The molecule has 106 heavy (non-hydrogen) atoms. The lowest BCUT2D eigenvalue weighted by Gasteiger charge is -2.18. The van der Waals surface area contributed by atoms with Crippen molar-refractivity contribution in [3.63, 3.8) is 0 Å². The van der Waals surface area contributed by atoms with Crippen molar-refractivity contribution >= 4 is 65.8 Å². The average molecular weight is 1420 g/mol. The quantitative estimate of drug-likeness (QED) is 0.0754. The molecule has 0 fully saturated rings. The van der Waals surface area contributed by atoms with Crippen molar-refractivity contribution in [1.82, 2.24) is 59.8 Å². The van der Waals surface area contributed by atoms with Gasteiger partial charge in [-0.15, -0.1) is 0 Å². The topological polar surface area (TPSA) is 178 Å². The van der Waals surface area contributed by atoms with E-state index in [1.165, 1.54) is 98.9 Å². The summed E-state index contributed by atoms with van der Waals surface area (Å²) in [5.41, 5.74) is 20.7. The molecule has 12 heterocycles. The van der Waals surface area contributed by atoms with E-state index >= 15 is 0 Å². The molecule has 12 aromatic heterocycles. The molecule has 562 valence electrons. The van der Waals surface area contributed by atoms with Crippen LogP contribution in [-0.2, 0) is 48.7 Å². The molecule has 0 aliphatic rings. The van der Waals surface area contributed by atoms with Gasteiger partial charge >= 0.3 is 0 Å². The number of nitrogens with one attached hydrogen (secondary N) is 8. The smallest absolute Gasteiger partial charge is 0.137 e. The molecule has 0 saturated carbocycles. The molecule has 0 aliphatic carbocycles. The molecule has 12 heteroatoms. The second kappa shape index (κ2) is 34.5. The van der Waals surface area contributed by atoms with Crippen molar-refractivity contribution in [2.75, 3.05) is 0 Å². The summed E-state index contributed by atoms with van der Waals surface area (Å²) in [7, 11) is 0. The van der Waals surface area contributed by atoms with Crippen LogP contribution in [0.4, 0.5) is 0 Å². The highest BCUT2D eigenvalue weighted by molar-refractivity contribution is 5.85. The van der Waals surface area contributed by atoms with Crippen LogP contribution in [-0.4, -0.2) is 59.8 Å². The molecule has 15 aromatic rings. The molecule has 12 nitrogen and oxygen atoms in total. The van der Waals surface area contributed by atoms with E-state index in [1.807, 2.05) is 86.5 Å². The molecule has 0 radical (unpaired) electrons. The Balaban J connectivity index is 0.000000167. The van der Waals surface area contributed by atoms with Crippen molar-refractivity contribution in [3.05, 3.63) is 276 Å². The van der Waals surface area contributed by atoms with Crippen molar-refractivity contribution in [1.29, 1.82) is 0 Å². The monoisotopic (exact) mass is 1420 g/mol. The second-order valence-electron chi connectivity index (χ2n) is 36.9. The van der Waals surface area contributed by atoms with Gasteiger partial charge in [0.05, 0.1) is 0 Å². The van der Waals surface area contributed by atoms with Gasteiger partial charge in [0.2, 0.25) is 0 Å². The Bertz CT molecular complexity index is 4590. The van der Waals surface area contributed by atoms with Crippen molar-refractivity contribution in [3.8, 4) is 0 Å². The average Bonchev–Trinajstić information content (AvgIpc) is 1.67. The van der Waals surface area contributed by atoms with Crippen LogP contribution in [0.25, 0.3) is 65.8 Å². The summed E-state index contributed by atoms with van der Waals surface area (Å²) in [6.45, 7) is 59.7. The van der Waals surface area contributed by atoms with E-state index in [2.05, 4.69) is 380 Å². The van der Waals surface area contributed by atoms with E-state index in [4.69, 9.17) is 0 Å². The minimum atomic E-state index is 0.179. The summed E-state index contributed by atoms with van der Waals surface area (Å²) in [5.74, 6) is 0. The van der Waals surface area contributed by atoms with Crippen LogP contribution in [0.15, 0.2) is 226 Å². The Hall–Kier alpha value is -9.94. The number of benzene rings is 3. The number of aromatic nitrogens is 12. The minimum Gasteiger partial charge on any atom is -0.367 e. The van der Waals surface area contributed by atoms with Crippen LogP contribution >= 0.6 is 0 Å². The Morgan fingerprint density at radius 3 is 1.01 bits per heavy atom. The fourth-order valence-corrected chi connectivity index (χ4v) is 11.4. The summed E-state index contributed by atoms with van der Waals surface area (Å²) >= 11 is 0. The number of rotatable bonds is 0. The van der Waals surface area contributed by atoms with Gasteiger partial charge < -0.3 is 39.9 Å². The summed E-state index contributed by atoms with van der Waals surface area (Å²) in [6, 6.07) is 46.7. The molecule has 0 bridgehead atoms. The zero-order valence-corrected chi connectivity index (χ0v) is 69.2. The number of H-pyrrole nitrogens is 8. The van der Waals surface area contributed by atoms with Gasteiger partial charge in [0.15, 0.2) is 0 Å². The standard InChI is InChI=1S/3C12H15N.3C11H14N2.C9H13N.2C8H13N/c2*1-12(2,3)10-4-5-11-9(8-10)6-7-13-11;1-12(2,3)10-8-13-11-7-5-4-6-9(10)11;2*1-11(2,3)9-6-8-4-5-12-10(8)13-7-9;1-11(2,3)9-7-13-10-8(9)5-4-6-12-10;1-9(2,3)8-5-4-6-10-7-8;2*1-8(2,3)7-4-5-9-6-7/h3*4-8,13H,1-3H3;3*4-7H,1-3H3,(H,12,13);4-7H,1-3H3;2*4-6,9H,1-3H3. The lowest BCUT2D eigenvalue weighted by Crippen LogP contribution is -2.11. The molecule has 0 unspecified atom stereocenters. The van der Waals surface area contributed by atoms with E-state index in [1.54, 1.807) is 6.20 Å². The van der Waals surface area contributed by atoms with E-state index in [-0.39, 0.29) is 37.9 Å². The third-order valence-corrected chi connectivity index (χ3v) is 18.5. The number of hydrogen-bond acceptors (Lipinski definition) is 4. The van der Waals surface area contributed by atoms with E-state index in [0.29, 0.717) is 10.8 Å². The number of fused-ring (bicyclic) bond motifs is 6. The first-order valence-corrected chi connectivity index (χ1v) is 37.5. The largest absolute Gasteiger partial charge is 0.367 e. The third kappa shape index (κ3) is 24.6. The van der Waals surface area contributed by atoms with Gasteiger partial charge in [-0.3, -0.25) is 4.98 Å². The number of para-hydroxylation sites is 1. The van der Waals surface area contributed by atoms with Crippen LogP contribution in [0.2, 0.25) is 0 Å². The second-order valence-corrected chi connectivity index (χ2v) is 36.9. The van der Waals surface area contributed by atoms with Gasteiger partial charge in [0.1, 0.15) is 16.9 Å². The Kier molecular flexibility index (Phi) is 27.1. The predicted molar refractivity (Wildman–Crippen MR) is 457 cm³/mol. The fourth-order valence-electron chi connectivity index (χ4n) is 11.4. The zero-order chi connectivity index (χ0) is 78.3. The Labute approximate surface area is 634 Å². The van der Waals surface area contributed by atoms with Crippen LogP contribution in [0.3, 0.4) is 0 Å². The highest BCUT2D eigenvalue weighted by atomic mass is 14.8. The van der Waals surface area contributed by atoms with Gasteiger partial charge in [0.25, 0.3) is 0 Å². The number of aromatic amines is 8. The Morgan fingerprint density at radius 2 is 0.623 bits per heavy atom. The summed E-state index contributed by atoms with van der Waals surface area (Å²) in [4.78, 5) is 42.1. The minimum absolute atomic E-state index is 0.179. The van der Waals surface area contributed by atoms with E-state index < -0.39 is 0 Å². The van der Waals surface area contributed by atoms with Crippen LogP contribution in [0.1, 0.15) is 237 Å². The molecule has 0 aliphatic heterocycles. The van der Waals surface area contributed by atoms with Gasteiger partial charge in [0, 0.05) is 131 Å². The highest BCUT2D eigenvalue weighted by Gasteiger charge is 2.22. The van der Waals surface area contributed by atoms with Gasteiger partial charge in [-0.05, 0) is 207 Å². The number of pyridine rings is 4. The van der Waals surface area contributed by atoms with Gasteiger partial charge in [-0.1, -0.05) is 223 Å². The third-order valence-electron chi connectivity index (χ3n) is 18.5. The molecule has 3 aromatic carbocycles. The van der Waals surface area contributed by atoms with Gasteiger partial charge in [-0.25, -0.2) is 15.0 Å². The SMILES string of the molecule is CC(C)(C)c1c[nH]c2ccccc12.CC(C)(C)c1c[nH]c2ncccc12.CC(C)(C)c1cc[nH]c1.CC(C)(C)c1cc[nH]c1.CC(C)(C)c1ccc2[nH]ccc2c1.CC(C)(C)c1ccc2[nH]ccc2c1.CC(C)(C)c1cccnc1.CC(C)(C)c1cnc2[nH]ccc2c1.CC(C)(C)c1cnc2[nH]ccc2c1. The van der Waals surface area contributed by atoms with E-state index in [0.717, 1.165) is 16.9 Å². The molecule has 0 atom stereocenters. The van der Waals surface area contributed by atoms with Crippen LogP contribution < -0.4 is 0 Å².